The Labute approximate surface area is 198 Å². The lowest BCUT2D eigenvalue weighted by Crippen LogP contribution is -2.29. The summed E-state index contributed by atoms with van der Waals surface area (Å²) in [5, 5.41) is 11.4. The Balaban J connectivity index is 1.99. The van der Waals surface area contributed by atoms with Gasteiger partial charge in [0.15, 0.2) is 0 Å². The standard InChI is InChI=1S/C28H26FNO4/c1-15-10-16(2)12-21(11-15)30-25(19-6-8-20(29)9-7-19)24(27(32)28(30)33)26(31)22-13-18(4)23(34-5)14-17(22)3/h6-14,25,31H,1-5H3/b26-24+. The van der Waals surface area contributed by atoms with Crippen LogP contribution in [-0.4, -0.2) is 23.9 Å². The molecule has 34 heavy (non-hydrogen) atoms. The van der Waals surface area contributed by atoms with Crippen molar-refractivity contribution in [1.82, 2.24) is 0 Å². The van der Waals surface area contributed by atoms with Crippen LogP contribution in [-0.2, 0) is 9.59 Å². The van der Waals surface area contributed by atoms with Crippen molar-refractivity contribution in [3.63, 3.8) is 0 Å². The van der Waals surface area contributed by atoms with Gasteiger partial charge in [0.05, 0.1) is 18.7 Å². The molecular weight excluding hydrogens is 433 g/mol. The van der Waals surface area contributed by atoms with E-state index in [4.69, 9.17) is 4.74 Å². The van der Waals surface area contributed by atoms with E-state index in [1.807, 2.05) is 39.0 Å². The summed E-state index contributed by atoms with van der Waals surface area (Å²) in [7, 11) is 1.56. The van der Waals surface area contributed by atoms with Crippen molar-refractivity contribution >= 4 is 23.1 Å². The number of carbonyl (C=O) groups is 2. The van der Waals surface area contributed by atoms with Crippen LogP contribution in [0, 0.1) is 33.5 Å². The molecule has 1 amide bonds. The van der Waals surface area contributed by atoms with Crippen molar-refractivity contribution in [2.45, 2.75) is 33.7 Å². The molecule has 1 heterocycles. The highest BCUT2D eigenvalue weighted by atomic mass is 19.1. The first-order chi connectivity index (χ1) is 16.1. The van der Waals surface area contributed by atoms with Gasteiger partial charge < -0.3 is 9.84 Å². The van der Waals surface area contributed by atoms with Gasteiger partial charge in [0, 0.05) is 11.3 Å². The SMILES string of the molecule is COc1cc(C)c(/C(O)=C2\C(=O)C(=O)N(c3cc(C)cc(C)c3)C2c2ccc(F)cc2)cc1C. The van der Waals surface area contributed by atoms with Crippen LogP contribution in [0.25, 0.3) is 5.76 Å². The third kappa shape index (κ3) is 3.96. The number of ether oxygens (including phenoxy) is 1. The number of methoxy groups -OCH3 is 1. The number of amides is 1. The maximum absolute atomic E-state index is 13.7. The lowest BCUT2D eigenvalue weighted by Gasteiger charge is -2.26. The molecule has 1 unspecified atom stereocenters. The van der Waals surface area contributed by atoms with Gasteiger partial charge in [-0.3, -0.25) is 14.5 Å². The van der Waals surface area contributed by atoms with E-state index in [-0.39, 0.29) is 11.3 Å². The summed E-state index contributed by atoms with van der Waals surface area (Å²) >= 11 is 0. The van der Waals surface area contributed by atoms with Crippen molar-refractivity contribution in [1.29, 1.82) is 0 Å². The fourth-order valence-corrected chi connectivity index (χ4v) is 4.56. The van der Waals surface area contributed by atoms with Gasteiger partial charge in [-0.1, -0.05) is 18.2 Å². The fraction of sp³-hybridized carbons (Fsp3) is 0.214. The number of anilines is 1. The number of nitrogens with zero attached hydrogens (tertiary/aromatic N) is 1. The monoisotopic (exact) mass is 459 g/mol. The number of aryl methyl sites for hydroxylation is 4. The molecular formula is C28H26FNO4. The fourth-order valence-electron chi connectivity index (χ4n) is 4.56. The zero-order chi connectivity index (χ0) is 24.7. The summed E-state index contributed by atoms with van der Waals surface area (Å²) in [4.78, 5) is 28.0. The molecule has 1 saturated heterocycles. The first-order valence-electron chi connectivity index (χ1n) is 10.9. The van der Waals surface area contributed by atoms with Gasteiger partial charge in [-0.2, -0.15) is 0 Å². The first kappa shape index (κ1) is 23.2. The van der Waals surface area contributed by atoms with E-state index >= 15 is 0 Å². The first-order valence-corrected chi connectivity index (χ1v) is 10.9. The zero-order valence-corrected chi connectivity index (χ0v) is 19.8. The molecule has 5 nitrogen and oxygen atoms in total. The Morgan fingerprint density at radius 2 is 1.53 bits per heavy atom. The molecule has 0 spiro atoms. The van der Waals surface area contributed by atoms with Gasteiger partial charge in [0.2, 0.25) is 0 Å². The maximum Gasteiger partial charge on any atom is 0.300 e. The summed E-state index contributed by atoms with van der Waals surface area (Å²) in [5.41, 5.74) is 4.77. The molecule has 3 aromatic carbocycles. The van der Waals surface area contributed by atoms with Crippen LogP contribution in [0.4, 0.5) is 10.1 Å². The second-order valence-electron chi connectivity index (χ2n) is 8.70. The molecule has 3 aromatic rings. The summed E-state index contributed by atoms with van der Waals surface area (Å²) in [6.45, 7) is 7.44. The van der Waals surface area contributed by atoms with Gasteiger partial charge in [-0.25, -0.2) is 4.39 Å². The van der Waals surface area contributed by atoms with E-state index in [2.05, 4.69) is 0 Å². The van der Waals surface area contributed by atoms with Gasteiger partial charge in [-0.05, 0) is 91.9 Å². The van der Waals surface area contributed by atoms with E-state index < -0.39 is 23.5 Å². The van der Waals surface area contributed by atoms with Crippen LogP contribution in [0.3, 0.4) is 0 Å². The van der Waals surface area contributed by atoms with Crippen LogP contribution >= 0.6 is 0 Å². The molecule has 174 valence electrons. The van der Waals surface area contributed by atoms with E-state index in [1.165, 1.54) is 29.2 Å². The number of rotatable bonds is 4. The number of hydrogen-bond acceptors (Lipinski definition) is 4. The third-order valence-electron chi connectivity index (χ3n) is 6.11. The second kappa shape index (κ2) is 8.78. The summed E-state index contributed by atoms with van der Waals surface area (Å²) in [6, 6.07) is 13.8. The molecule has 1 aliphatic rings. The molecule has 1 aliphatic heterocycles. The topological polar surface area (TPSA) is 66.8 Å². The highest BCUT2D eigenvalue weighted by Crippen LogP contribution is 2.43. The highest BCUT2D eigenvalue weighted by molar-refractivity contribution is 6.51. The number of carbonyl (C=O) groups excluding carboxylic acids is 2. The van der Waals surface area contributed by atoms with Crippen molar-refractivity contribution in [3.8, 4) is 5.75 Å². The average molecular weight is 460 g/mol. The van der Waals surface area contributed by atoms with Gasteiger partial charge in [-0.15, -0.1) is 0 Å². The molecule has 6 heteroatoms. The van der Waals surface area contributed by atoms with Crippen LogP contribution in [0.15, 0.2) is 60.2 Å². The van der Waals surface area contributed by atoms with Crippen molar-refractivity contribution < 1.29 is 23.8 Å². The number of halogens is 1. The van der Waals surface area contributed by atoms with Crippen LogP contribution in [0.5, 0.6) is 5.75 Å². The largest absolute Gasteiger partial charge is 0.507 e. The summed E-state index contributed by atoms with van der Waals surface area (Å²) in [6.07, 6.45) is 0. The van der Waals surface area contributed by atoms with Gasteiger partial charge in [0.1, 0.15) is 17.3 Å². The predicted molar refractivity (Wildman–Crippen MR) is 130 cm³/mol. The molecule has 0 saturated carbocycles. The molecule has 1 atom stereocenters. The number of ketones is 1. The minimum Gasteiger partial charge on any atom is -0.507 e. The quantitative estimate of drug-likeness (QED) is 0.309. The number of benzene rings is 3. The Kier molecular flexibility index (Phi) is 6.00. The molecule has 1 fully saturated rings. The number of aliphatic hydroxyl groups excluding tert-OH is 1. The Hall–Kier alpha value is -3.93. The third-order valence-corrected chi connectivity index (χ3v) is 6.11. The van der Waals surface area contributed by atoms with E-state index in [0.29, 0.717) is 28.1 Å². The van der Waals surface area contributed by atoms with Crippen molar-refractivity contribution in [2.75, 3.05) is 12.0 Å². The molecule has 0 aliphatic carbocycles. The molecule has 0 bridgehead atoms. The number of hydrogen-bond donors (Lipinski definition) is 1. The van der Waals surface area contributed by atoms with Crippen LogP contribution < -0.4 is 9.64 Å². The molecule has 0 radical (unpaired) electrons. The Morgan fingerprint density at radius 1 is 0.912 bits per heavy atom. The lowest BCUT2D eigenvalue weighted by atomic mass is 9.93. The minimum absolute atomic E-state index is 0.0385. The van der Waals surface area contributed by atoms with Gasteiger partial charge in [0.25, 0.3) is 11.7 Å². The zero-order valence-electron chi connectivity index (χ0n) is 19.8. The van der Waals surface area contributed by atoms with E-state index in [9.17, 15) is 19.1 Å². The van der Waals surface area contributed by atoms with Crippen LogP contribution in [0.2, 0.25) is 0 Å². The molecule has 1 N–H and O–H groups in total. The predicted octanol–water partition coefficient (Wildman–Crippen LogP) is 5.69. The lowest BCUT2D eigenvalue weighted by molar-refractivity contribution is -0.132. The van der Waals surface area contributed by atoms with Crippen molar-refractivity contribution in [2.24, 2.45) is 0 Å². The normalized spacial score (nSPS) is 17.4. The second-order valence-corrected chi connectivity index (χ2v) is 8.70. The van der Waals surface area contributed by atoms with E-state index in [1.54, 1.807) is 26.2 Å². The van der Waals surface area contributed by atoms with Gasteiger partial charge >= 0.3 is 0 Å². The number of Topliss-reactive ketones (excluding diaryl/α,β-unsaturated/α-hetero) is 1. The summed E-state index contributed by atoms with van der Waals surface area (Å²) < 4.78 is 19.1. The van der Waals surface area contributed by atoms with Crippen LogP contribution in [0.1, 0.15) is 39.4 Å². The summed E-state index contributed by atoms with van der Waals surface area (Å²) in [5.74, 6) is -1.60. The van der Waals surface area contributed by atoms with Crippen molar-refractivity contribution in [3.05, 3.63) is 99.4 Å². The smallest absolute Gasteiger partial charge is 0.300 e. The molecule has 4 rings (SSSR count). The van der Waals surface area contributed by atoms with E-state index in [0.717, 1.165) is 16.7 Å². The highest BCUT2D eigenvalue weighted by Gasteiger charge is 2.47. The average Bonchev–Trinajstić information content (AvgIpc) is 3.05. The Bertz CT molecular complexity index is 1320. The number of aliphatic hydroxyl groups is 1. The molecule has 0 aromatic heterocycles. The Morgan fingerprint density at radius 3 is 2.12 bits per heavy atom. The maximum atomic E-state index is 13.7. The minimum atomic E-state index is -0.913.